The largest absolute Gasteiger partial charge is 0.381 e. The first-order valence-electron chi connectivity index (χ1n) is 5.59. The summed E-state index contributed by atoms with van der Waals surface area (Å²) in [5.41, 5.74) is 0.841. The lowest BCUT2D eigenvalue weighted by Crippen LogP contribution is -2.03. The summed E-state index contributed by atoms with van der Waals surface area (Å²) in [6.07, 6.45) is 0. The fourth-order valence-electron chi connectivity index (χ4n) is 1.68. The molecule has 0 unspecified atom stereocenters. The molecule has 0 aliphatic rings. The lowest BCUT2D eigenvalue weighted by molar-refractivity contribution is -0.385. The zero-order valence-electron chi connectivity index (χ0n) is 10.1. The summed E-state index contributed by atoms with van der Waals surface area (Å²) in [5.74, 6) is -0.513. The average Bonchev–Trinajstić information content (AvgIpc) is 2.40. The topological polar surface area (TPSA) is 55.2 Å². The molecule has 0 saturated carbocycles. The normalized spacial score (nSPS) is 10.3. The molecule has 0 atom stereocenters. The van der Waals surface area contributed by atoms with Crippen LogP contribution in [0.5, 0.6) is 0 Å². The Morgan fingerprint density at radius 2 is 2.05 bits per heavy atom. The fraction of sp³-hybridized carbons (Fsp3) is 0.0769. The third-order valence-electron chi connectivity index (χ3n) is 2.64. The number of hydrogen-bond donors (Lipinski definition) is 1. The predicted molar refractivity (Wildman–Crippen MR) is 79.5 cm³/mol. The van der Waals surface area contributed by atoms with Gasteiger partial charge in [-0.25, -0.2) is 4.39 Å². The minimum Gasteiger partial charge on any atom is -0.381 e. The quantitative estimate of drug-likeness (QED) is 0.632. The van der Waals surface area contributed by atoms with Crippen molar-refractivity contribution < 1.29 is 9.31 Å². The Balaban J connectivity index is 2.20. The first-order chi connectivity index (χ1) is 9.47. The van der Waals surface area contributed by atoms with E-state index in [1.807, 2.05) is 0 Å². The zero-order chi connectivity index (χ0) is 14.7. The molecule has 2 aromatic carbocycles. The Hall–Kier alpha value is -1.66. The number of nitro benzene ring substituents is 1. The highest BCUT2D eigenvalue weighted by molar-refractivity contribution is 9.10. The number of nitrogens with zero attached hydrogens (tertiary/aromatic N) is 1. The van der Waals surface area contributed by atoms with Crippen LogP contribution in [-0.2, 0) is 6.54 Å². The van der Waals surface area contributed by atoms with E-state index in [4.69, 9.17) is 11.6 Å². The molecule has 20 heavy (non-hydrogen) atoms. The average molecular weight is 360 g/mol. The second-order valence-electron chi connectivity index (χ2n) is 4.01. The van der Waals surface area contributed by atoms with Crippen molar-refractivity contribution in [1.82, 2.24) is 0 Å². The molecule has 0 saturated heterocycles. The molecule has 0 bridgehead atoms. The molecule has 0 spiro atoms. The van der Waals surface area contributed by atoms with Crippen LogP contribution in [0.15, 0.2) is 40.9 Å². The van der Waals surface area contributed by atoms with Crippen molar-refractivity contribution in [3.63, 3.8) is 0 Å². The van der Waals surface area contributed by atoms with Crippen LogP contribution >= 0.6 is 27.5 Å². The van der Waals surface area contributed by atoms with E-state index in [0.717, 1.165) is 22.7 Å². The summed E-state index contributed by atoms with van der Waals surface area (Å²) in [4.78, 5) is 10.3. The van der Waals surface area contributed by atoms with E-state index in [9.17, 15) is 14.5 Å². The van der Waals surface area contributed by atoms with Crippen LogP contribution in [0.4, 0.5) is 15.8 Å². The summed E-state index contributed by atoms with van der Waals surface area (Å²) in [6, 6.07) is 8.56. The number of rotatable bonds is 4. The van der Waals surface area contributed by atoms with Crippen molar-refractivity contribution in [2.24, 2.45) is 0 Å². The molecular weight excluding hydrogens is 351 g/mol. The maximum Gasteiger partial charge on any atom is 0.274 e. The smallest absolute Gasteiger partial charge is 0.274 e. The number of halogens is 3. The van der Waals surface area contributed by atoms with E-state index in [1.54, 1.807) is 18.2 Å². The van der Waals surface area contributed by atoms with Crippen molar-refractivity contribution in [2.45, 2.75) is 6.54 Å². The van der Waals surface area contributed by atoms with Gasteiger partial charge in [-0.05, 0) is 46.3 Å². The van der Waals surface area contributed by atoms with Gasteiger partial charge in [0.05, 0.1) is 15.5 Å². The van der Waals surface area contributed by atoms with Gasteiger partial charge in [0.1, 0.15) is 5.82 Å². The van der Waals surface area contributed by atoms with E-state index < -0.39 is 10.7 Å². The molecule has 2 rings (SSSR count). The van der Waals surface area contributed by atoms with Gasteiger partial charge in [0.2, 0.25) is 0 Å². The fourth-order valence-corrected chi connectivity index (χ4v) is 2.10. The highest BCUT2D eigenvalue weighted by Crippen LogP contribution is 2.26. The lowest BCUT2D eigenvalue weighted by atomic mass is 10.1. The Morgan fingerprint density at radius 3 is 2.70 bits per heavy atom. The van der Waals surface area contributed by atoms with Crippen LogP contribution in [0.25, 0.3) is 0 Å². The van der Waals surface area contributed by atoms with E-state index in [-0.39, 0.29) is 17.8 Å². The number of benzene rings is 2. The zero-order valence-corrected chi connectivity index (χ0v) is 12.4. The summed E-state index contributed by atoms with van der Waals surface area (Å²) in [5, 5.41) is 14.4. The van der Waals surface area contributed by atoms with Gasteiger partial charge in [-0.1, -0.05) is 11.6 Å². The highest BCUT2D eigenvalue weighted by Gasteiger charge is 2.14. The number of nitrogens with one attached hydrogen (secondary N) is 1. The molecule has 1 N–H and O–H groups in total. The summed E-state index contributed by atoms with van der Waals surface area (Å²) in [7, 11) is 0. The van der Waals surface area contributed by atoms with Crippen molar-refractivity contribution in [2.75, 3.05) is 5.32 Å². The van der Waals surface area contributed by atoms with Crippen LogP contribution in [-0.4, -0.2) is 4.92 Å². The van der Waals surface area contributed by atoms with Gasteiger partial charge in [0.25, 0.3) is 5.69 Å². The standard InChI is InChI=1S/C13H9BrClFN2O2/c14-11-3-2-10(6-12(11)15)17-7-8-5-9(16)1-4-13(8)18(19)20/h1-6,17H,7H2. The number of hydrogen-bond acceptors (Lipinski definition) is 3. The second kappa shape index (κ2) is 6.19. The van der Waals surface area contributed by atoms with E-state index in [0.29, 0.717) is 10.7 Å². The summed E-state index contributed by atoms with van der Waals surface area (Å²) < 4.78 is 13.9. The minimum atomic E-state index is -0.537. The SMILES string of the molecule is O=[N+]([O-])c1ccc(F)cc1CNc1ccc(Br)c(Cl)c1. The Morgan fingerprint density at radius 1 is 1.30 bits per heavy atom. The molecule has 0 aliphatic heterocycles. The van der Waals surface area contributed by atoms with Crippen LogP contribution in [0.3, 0.4) is 0 Å². The Labute approximate surface area is 127 Å². The maximum atomic E-state index is 13.2. The molecule has 0 heterocycles. The molecule has 0 fully saturated rings. The van der Waals surface area contributed by atoms with Crippen molar-refractivity contribution >= 4 is 38.9 Å². The molecular formula is C13H9BrClFN2O2. The van der Waals surface area contributed by atoms with Crippen LogP contribution in [0.2, 0.25) is 5.02 Å². The molecule has 0 radical (unpaired) electrons. The van der Waals surface area contributed by atoms with Crippen LogP contribution in [0.1, 0.15) is 5.56 Å². The first kappa shape index (κ1) is 14.7. The van der Waals surface area contributed by atoms with Gasteiger partial charge < -0.3 is 5.32 Å². The molecule has 104 valence electrons. The van der Waals surface area contributed by atoms with Crippen molar-refractivity contribution in [3.8, 4) is 0 Å². The number of anilines is 1. The molecule has 0 aliphatic carbocycles. The minimum absolute atomic E-state index is 0.123. The lowest BCUT2D eigenvalue weighted by Gasteiger charge is -2.08. The predicted octanol–water partition coefficient (Wildman–Crippen LogP) is 4.76. The number of nitro groups is 1. The molecule has 0 aromatic heterocycles. The summed E-state index contributed by atoms with van der Waals surface area (Å²) >= 11 is 9.21. The molecule has 4 nitrogen and oxygen atoms in total. The van der Waals surface area contributed by atoms with Crippen LogP contribution < -0.4 is 5.32 Å². The van der Waals surface area contributed by atoms with Crippen LogP contribution in [0, 0.1) is 15.9 Å². The summed E-state index contributed by atoms with van der Waals surface area (Å²) in [6.45, 7) is 0.131. The molecule has 7 heteroatoms. The third-order valence-corrected chi connectivity index (χ3v) is 3.87. The Bertz CT molecular complexity index is 667. The molecule has 0 amide bonds. The third kappa shape index (κ3) is 3.46. The second-order valence-corrected chi connectivity index (χ2v) is 5.27. The monoisotopic (exact) mass is 358 g/mol. The van der Waals surface area contributed by atoms with Gasteiger partial charge in [-0.15, -0.1) is 0 Å². The van der Waals surface area contributed by atoms with E-state index in [1.165, 1.54) is 0 Å². The van der Waals surface area contributed by atoms with E-state index >= 15 is 0 Å². The van der Waals surface area contributed by atoms with Gasteiger partial charge in [0.15, 0.2) is 0 Å². The Kier molecular flexibility index (Phi) is 4.57. The first-order valence-corrected chi connectivity index (χ1v) is 6.76. The van der Waals surface area contributed by atoms with Gasteiger partial charge in [0, 0.05) is 22.8 Å². The van der Waals surface area contributed by atoms with Gasteiger partial charge in [-0.2, -0.15) is 0 Å². The van der Waals surface area contributed by atoms with E-state index in [2.05, 4.69) is 21.2 Å². The van der Waals surface area contributed by atoms with Crippen molar-refractivity contribution in [3.05, 3.63) is 67.4 Å². The molecule has 2 aromatic rings. The van der Waals surface area contributed by atoms with Gasteiger partial charge in [-0.3, -0.25) is 10.1 Å². The maximum absolute atomic E-state index is 13.2. The van der Waals surface area contributed by atoms with Gasteiger partial charge >= 0.3 is 0 Å². The highest BCUT2D eigenvalue weighted by atomic mass is 79.9. The van der Waals surface area contributed by atoms with Crippen molar-refractivity contribution in [1.29, 1.82) is 0 Å².